The van der Waals surface area contributed by atoms with E-state index in [1.54, 1.807) is 12.1 Å². The van der Waals surface area contributed by atoms with Gasteiger partial charge < -0.3 is 10.6 Å². The second-order valence-electron chi connectivity index (χ2n) is 4.63. The number of anilines is 1. The van der Waals surface area contributed by atoms with Gasteiger partial charge in [-0.05, 0) is 30.3 Å². The Morgan fingerprint density at radius 3 is 2.43 bits per heavy atom. The highest BCUT2D eigenvalue weighted by atomic mass is 35.5. The molecule has 0 radical (unpaired) electrons. The average Bonchev–Trinajstić information content (AvgIpc) is 2.53. The predicted molar refractivity (Wildman–Crippen MR) is 91.0 cm³/mol. The van der Waals surface area contributed by atoms with Gasteiger partial charge in [0.1, 0.15) is 5.82 Å². The zero-order chi connectivity index (χ0) is 16.3. The molecule has 23 heavy (non-hydrogen) atoms. The van der Waals surface area contributed by atoms with Crippen molar-refractivity contribution >= 4 is 41.4 Å². The topological polar surface area (TPSA) is 63.4 Å². The molecule has 0 fully saturated rings. The van der Waals surface area contributed by atoms with Crippen LogP contribution in [0.4, 0.5) is 10.1 Å². The minimum absolute atomic E-state index is 0. The summed E-state index contributed by atoms with van der Waals surface area (Å²) in [5.41, 5.74) is 5.72. The minimum Gasteiger partial charge on any atom is -0.322 e. The predicted octanol–water partition coefficient (Wildman–Crippen LogP) is 3.05. The first kappa shape index (κ1) is 19.1. The van der Waals surface area contributed by atoms with Crippen molar-refractivity contribution in [2.24, 2.45) is 5.73 Å². The number of carbonyl (C=O) groups excluding carboxylic acids is 2. The molecule has 0 unspecified atom stereocenters. The Morgan fingerprint density at radius 2 is 1.83 bits per heavy atom. The van der Waals surface area contributed by atoms with Gasteiger partial charge in [-0.2, -0.15) is 0 Å². The van der Waals surface area contributed by atoms with E-state index in [4.69, 9.17) is 17.3 Å². The fourth-order valence-electron chi connectivity index (χ4n) is 2.04. The number of nitrogens with two attached hydrogens (primary N) is 1. The summed E-state index contributed by atoms with van der Waals surface area (Å²) in [4.78, 5) is 25.6. The van der Waals surface area contributed by atoms with E-state index in [2.05, 4.69) is 0 Å². The highest BCUT2D eigenvalue weighted by Gasteiger charge is 2.21. The van der Waals surface area contributed by atoms with Crippen LogP contribution >= 0.6 is 24.0 Å². The van der Waals surface area contributed by atoms with Gasteiger partial charge in [-0.25, -0.2) is 4.39 Å². The van der Waals surface area contributed by atoms with E-state index in [9.17, 15) is 14.0 Å². The van der Waals surface area contributed by atoms with Crippen LogP contribution < -0.4 is 10.6 Å². The SMILES string of the molecule is CN(C(=O)CN)c1ccc(Cl)cc1C(=O)c1ccccc1F.Cl. The van der Waals surface area contributed by atoms with Gasteiger partial charge in [-0.3, -0.25) is 9.59 Å². The molecule has 2 rings (SSSR count). The van der Waals surface area contributed by atoms with Crippen LogP contribution in [0.25, 0.3) is 0 Å². The molecule has 2 aromatic rings. The van der Waals surface area contributed by atoms with E-state index < -0.39 is 11.6 Å². The number of carbonyl (C=O) groups is 2. The second kappa shape index (κ2) is 8.06. The number of halogens is 3. The summed E-state index contributed by atoms with van der Waals surface area (Å²) in [6.45, 7) is -0.202. The van der Waals surface area contributed by atoms with Crippen molar-refractivity contribution in [3.8, 4) is 0 Å². The number of hydrogen-bond donors (Lipinski definition) is 1. The summed E-state index contributed by atoms with van der Waals surface area (Å²) in [6, 6.07) is 10.1. The minimum atomic E-state index is -0.633. The van der Waals surface area contributed by atoms with Gasteiger partial charge in [-0.1, -0.05) is 23.7 Å². The first-order valence-corrected chi connectivity index (χ1v) is 6.89. The molecule has 0 saturated carbocycles. The molecule has 0 bridgehead atoms. The standard InChI is InChI=1S/C16H14ClFN2O2.ClH/c1-20(15(21)9-19)14-7-6-10(17)8-12(14)16(22)11-4-2-3-5-13(11)18;/h2-8H,9,19H2,1H3;1H. The molecular formula is C16H15Cl2FN2O2. The molecule has 4 nitrogen and oxygen atoms in total. The lowest BCUT2D eigenvalue weighted by Crippen LogP contribution is -2.33. The second-order valence-corrected chi connectivity index (χ2v) is 5.06. The summed E-state index contributed by atoms with van der Waals surface area (Å²) in [7, 11) is 1.50. The van der Waals surface area contributed by atoms with Crippen molar-refractivity contribution in [2.75, 3.05) is 18.5 Å². The summed E-state index contributed by atoms with van der Waals surface area (Å²) in [5.74, 6) is -1.55. The summed E-state index contributed by atoms with van der Waals surface area (Å²) in [5, 5.41) is 0.317. The third kappa shape index (κ3) is 4.07. The lowest BCUT2D eigenvalue weighted by Gasteiger charge is -2.20. The molecule has 0 aliphatic carbocycles. The number of ketones is 1. The molecule has 0 heterocycles. The Labute approximate surface area is 144 Å². The lowest BCUT2D eigenvalue weighted by atomic mass is 10.0. The molecule has 1 amide bonds. The molecule has 2 N–H and O–H groups in total. The Hall–Kier alpha value is -1.95. The van der Waals surface area contributed by atoms with Crippen LogP contribution in [-0.2, 0) is 4.79 Å². The van der Waals surface area contributed by atoms with Crippen LogP contribution in [-0.4, -0.2) is 25.3 Å². The Balaban J connectivity index is 0.00000264. The van der Waals surface area contributed by atoms with Crippen LogP contribution in [0.15, 0.2) is 42.5 Å². The summed E-state index contributed by atoms with van der Waals surface area (Å²) >= 11 is 5.93. The van der Waals surface area contributed by atoms with Gasteiger partial charge in [0.15, 0.2) is 5.78 Å². The first-order chi connectivity index (χ1) is 10.5. The fraction of sp³-hybridized carbons (Fsp3) is 0.125. The summed E-state index contributed by atoms with van der Waals surface area (Å²) < 4.78 is 13.8. The molecule has 7 heteroatoms. The van der Waals surface area contributed by atoms with Crippen LogP contribution in [0.2, 0.25) is 5.02 Å². The summed E-state index contributed by atoms with van der Waals surface area (Å²) in [6.07, 6.45) is 0. The zero-order valence-electron chi connectivity index (χ0n) is 12.3. The van der Waals surface area contributed by atoms with E-state index in [-0.39, 0.29) is 36.0 Å². The first-order valence-electron chi connectivity index (χ1n) is 6.51. The highest BCUT2D eigenvalue weighted by molar-refractivity contribution is 6.31. The molecule has 2 aromatic carbocycles. The molecule has 122 valence electrons. The zero-order valence-corrected chi connectivity index (χ0v) is 13.8. The largest absolute Gasteiger partial charge is 0.322 e. The Kier molecular flexibility index (Phi) is 6.69. The van der Waals surface area contributed by atoms with E-state index in [1.165, 1.54) is 42.3 Å². The number of rotatable bonds is 4. The van der Waals surface area contributed by atoms with Crippen molar-refractivity contribution in [3.05, 3.63) is 64.4 Å². The molecule has 0 aliphatic heterocycles. The Morgan fingerprint density at radius 1 is 1.17 bits per heavy atom. The number of nitrogens with zero attached hydrogens (tertiary/aromatic N) is 1. The lowest BCUT2D eigenvalue weighted by molar-refractivity contribution is -0.117. The molecule has 0 saturated heterocycles. The third-order valence-corrected chi connectivity index (χ3v) is 3.47. The van der Waals surface area contributed by atoms with E-state index in [0.717, 1.165) is 0 Å². The van der Waals surface area contributed by atoms with Crippen LogP contribution in [0, 0.1) is 5.82 Å². The maximum atomic E-state index is 13.8. The quantitative estimate of drug-likeness (QED) is 0.856. The number of amides is 1. The number of hydrogen-bond acceptors (Lipinski definition) is 3. The third-order valence-electron chi connectivity index (χ3n) is 3.23. The van der Waals surface area contributed by atoms with Crippen LogP contribution in [0.1, 0.15) is 15.9 Å². The fourth-order valence-corrected chi connectivity index (χ4v) is 2.22. The van der Waals surface area contributed by atoms with E-state index in [0.29, 0.717) is 10.7 Å². The van der Waals surface area contributed by atoms with Crippen molar-refractivity contribution < 1.29 is 14.0 Å². The van der Waals surface area contributed by atoms with Crippen LogP contribution in [0.3, 0.4) is 0 Å². The maximum absolute atomic E-state index is 13.8. The van der Waals surface area contributed by atoms with Crippen molar-refractivity contribution in [1.82, 2.24) is 0 Å². The molecule has 0 aliphatic rings. The van der Waals surface area contributed by atoms with Gasteiger partial charge in [0.25, 0.3) is 0 Å². The van der Waals surface area contributed by atoms with Gasteiger partial charge >= 0.3 is 0 Å². The van der Waals surface area contributed by atoms with Gasteiger partial charge in [0.05, 0.1) is 17.8 Å². The molecular weight excluding hydrogens is 342 g/mol. The van der Waals surface area contributed by atoms with Crippen molar-refractivity contribution in [3.63, 3.8) is 0 Å². The van der Waals surface area contributed by atoms with E-state index in [1.807, 2.05) is 0 Å². The Bertz CT molecular complexity index is 738. The average molecular weight is 357 g/mol. The van der Waals surface area contributed by atoms with E-state index >= 15 is 0 Å². The number of likely N-dealkylation sites (N-methyl/N-ethyl adjacent to an activating group) is 1. The van der Waals surface area contributed by atoms with Crippen LogP contribution in [0.5, 0.6) is 0 Å². The molecule has 0 spiro atoms. The number of benzene rings is 2. The normalized spacial score (nSPS) is 9.91. The highest BCUT2D eigenvalue weighted by Crippen LogP contribution is 2.27. The van der Waals surface area contributed by atoms with Crippen molar-refractivity contribution in [2.45, 2.75) is 0 Å². The van der Waals surface area contributed by atoms with Crippen molar-refractivity contribution in [1.29, 1.82) is 0 Å². The molecule has 0 atom stereocenters. The monoisotopic (exact) mass is 356 g/mol. The smallest absolute Gasteiger partial charge is 0.240 e. The maximum Gasteiger partial charge on any atom is 0.240 e. The molecule has 0 aromatic heterocycles. The van der Waals surface area contributed by atoms with Gasteiger partial charge in [0, 0.05) is 17.6 Å². The van der Waals surface area contributed by atoms with Gasteiger partial charge in [-0.15, -0.1) is 12.4 Å². The van der Waals surface area contributed by atoms with Gasteiger partial charge in [0.2, 0.25) is 5.91 Å².